The fourth-order valence-electron chi connectivity index (χ4n) is 4.10. The Hall–Kier alpha value is -3.01. The first kappa shape index (κ1) is 23.6. The first-order valence-electron chi connectivity index (χ1n) is 10.2. The van der Waals surface area contributed by atoms with Crippen molar-refractivity contribution >= 4 is 41.1 Å². The molecule has 1 spiro atoms. The summed E-state index contributed by atoms with van der Waals surface area (Å²) in [5, 5.41) is 5.55. The van der Waals surface area contributed by atoms with Crippen molar-refractivity contribution in [2.24, 2.45) is 5.92 Å². The quantitative estimate of drug-likeness (QED) is 0.466. The number of benzene rings is 1. The van der Waals surface area contributed by atoms with E-state index in [0.29, 0.717) is 17.9 Å². The Morgan fingerprint density at radius 1 is 1.22 bits per heavy atom. The number of methoxy groups -OCH3 is 2. The molecule has 1 saturated carbocycles. The summed E-state index contributed by atoms with van der Waals surface area (Å²) in [4.78, 5) is 50.5. The number of rotatable bonds is 7. The highest BCUT2D eigenvalue weighted by molar-refractivity contribution is 6.32. The number of esters is 1. The van der Waals surface area contributed by atoms with Gasteiger partial charge in [-0.3, -0.25) is 19.3 Å². The summed E-state index contributed by atoms with van der Waals surface area (Å²) in [6.07, 6.45) is 3.18. The minimum atomic E-state index is -0.961. The topological polar surface area (TPSA) is 123 Å². The van der Waals surface area contributed by atoms with Crippen LogP contribution in [0.3, 0.4) is 0 Å². The molecule has 0 bridgehead atoms. The largest absolute Gasteiger partial charge is 0.495 e. The second-order valence-corrected chi connectivity index (χ2v) is 8.24. The van der Waals surface area contributed by atoms with Crippen molar-refractivity contribution in [3.05, 3.63) is 17.2 Å². The van der Waals surface area contributed by atoms with Gasteiger partial charge < -0.3 is 24.8 Å². The van der Waals surface area contributed by atoms with Gasteiger partial charge in [-0.25, -0.2) is 4.79 Å². The number of halogens is 1. The molecule has 2 unspecified atom stereocenters. The second kappa shape index (κ2) is 9.64. The molecule has 1 aliphatic carbocycles. The maximum atomic E-state index is 12.9. The predicted octanol–water partition coefficient (Wildman–Crippen LogP) is 2.34. The molecule has 1 aliphatic heterocycles. The highest BCUT2D eigenvalue weighted by Gasteiger charge is 2.55. The van der Waals surface area contributed by atoms with Gasteiger partial charge in [0.2, 0.25) is 0 Å². The number of hydrogen-bond acceptors (Lipinski definition) is 7. The smallest absolute Gasteiger partial charge is 0.326 e. The van der Waals surface area contributed by atoms with Crippen LogP contribution in [0.4, 0.5) is 10.5 Å². The van der Waals surface area contributed by atoms with E-state index in [1.165, 1.54) is 26.4 Å². The SMILES string of the molecule is COc1cc(OC)c(NC(=O)COC(=O)CN2C(=O)NC3(CCCCC3C)C2=O)cc1Cl. The molecule has 0 radical (unpaired) electrons. The highest BCUT2D eigenvalue weighted by atomic mass is 35.5. The van der Waals surface area contributed by atoms with Crippen LogP contribution in [-0.2, 0) is 19.1 Å². The summed E-state index contributed by atoms with van der Waals surface area (Å²) in [7, 11) is 2.86. The lowest BCUT2D eigenvalue weighted by atomic mass is 9.73. The standard InChI is InChI=1S/C21H26ClN3O7/c1-12-6-4-5-7-21(12)19(28)25(20(29)24-21)10-18(27)32-11-17(26)23-14-8-13(22)15(30-2)9-16(14)31-3/h8-9,12H,4-7,10-11H2,1-3H3,(H,23,26)(H,24,29). The third-order valence-electron chi connectivity index (χ3n) is 5.90. The van der Waals surface area contributed by atoms with Crippen molar-refractivity contribution in [2.45, 2.75) is 38.1 Å². The summed E-state index contributed by atoms with van der Waals surface area (Å²) in [5.74, 6) is -1.29. The van der Waals surface area contributed by atoms with Crippen LogP contribution in [-0.4, -0.2) is 61.6 Å². The number of urea groups is 1. The van der Waals surface area contributed by atoms with Crippen LogP contribution in [0, 0.1) is 5.92 Å². The molecule has 1 aromatic rings. The van der Waals surface area contributed by atoms with Gasteiger partial charge in [0.1, 0.15) is 23.6 Å². The molecule has 11 heteroatoms. The zero-order chi connectivity index (χ0) is 23.5. The van der Waals surface area contributed by atoms with Crippen molar-refractivity contribution in [2.75, 3.05) is 32.7 Å². The minimum absolute atomic E-state index is 0.0224. The van der Waals surface area contributed by atoms with Crippen molar-refractivity contribution in [3.8, 4) is 11.5 Å². The van der Waals surface area contributed by atoms with E-state index < -0.39 is 42.5 Å². The number of nitrogens with zero attached hydrogens (tertiary/aromatic N) is 1. The summed E-state index contributed by atoms with van der Waals surface area (Å²) in [6.45, 7) is 0.740. The molecule has 3 rings (SSSR count). The molecule has 2 N–H and O–H groups in total. The monoisotopic (exact) mass is 467 g/mol. The summed E-state index contributed by atoms with van der Waals surface area (Å²) in [6, 6.07) is 2.32. The minimum Gasteiger partial charge on any atom is -0.495 e. The van der Waals surface area contributed by atoms with Gasteiger partial charge in [0.15, 0.2) is 6.61 Å². The van der Waals surface area contributed by atoms with E-state index in [1.807, 2.05) is 6.92 Å². The zero-order valence-electron chi connectivity index (χ0n) is 18.2. The van der Waals surface area contributed by atoms with Crippen LogP contribution in [0.5, 0.6) is 11.5 Å². The fourth-order valence-corrected chi connectivity index (χ4v) is 4.34. The van der Waals surface area contributed by atoms with Crippen molar-refractivity contribution in [3.63, 3.8) is 0 Å². The number of carbonyl (C=O) groups excluding carboxylic acids is 4. The van der Waals surface area contributed by atoms with E-state index in [1.54, 1.807) is 0 Å². The normalized spacial score (nSPS) is 22.5. The summed E-state index contributed by atoms with van der Waals surface area (Å²) in [5.41, 5.74) is -0.696. The van der Waals surface area contributed by atoms with Gasteiger partial charge in [-0.15, -0.1) is 0 Å². The van der Waals surface area contributed by atoms with E-state index in [-0.39, 0.29) is 16.6 Å². The van der Waals surface area contributed by atoms with Gasteiger partial charge in [-0.1, -0.05) is 31.4 Å². The number of carbonyl (C=O) groups is 4. The van der Waals surface area contributed by atoms with E-state index in [2.05, 4.69) is 10.6 Å². The van der Waals surface area contributed by atoms with Crippen molar-refractivity contribution < 1.29 is 33.4 Å². The molecule has 10 nitrogen and oxygen atoms in total. The zero-order valence-corrected chi connectivity index (χ0v) is 18.9. The van der Waals surface area contributed by atoms with Crippen LogP contribution in [0.2, 0.25) is 5.02 Å². The number of amides is 4. The lowest BCUT2D eigenvalue weighted by Gasteiger charge is -2.36. The van der Waals surface area contributed by atoms with E-state index in [4.69, 9.17) is 25.8 Å². The molecule has 32 heavy (non-hydrogen) atoms. The van der Waals surface area contributed by atoms with Gasteiger partial charge in [0.25, 0.3) is 11.8 Å². The second-order valence-electron chi connectivity index (χ2n) is 7.84. The van der Waals surface area contributed by atoms with Crippen molar-refractivity contribution in [1.29, 1.82) is 0 Å². The lowest BCUT2D eigenvalue weighted by molar-refractivity contribution is -0.150. The van der Waals surface area contributed by atoms with Crippen LogP contribution in [0.15, 0.2) is 12.1 Å². The Morgan fingerprint density at radius 2 is 1.94 bits per heavy atom. The van der Waals surface area contributed by atoms with Crippen LogP contribution in [0.1, 0.15) is 32.6 Å². The lowest BCUT2D eigenvalue weighted by Crippen LogP contribution is -2.54. The molecule has 174 valence electrons. The van der Waals surface area contributed by atoms with E-state index in [9.17, 15) is 19.2 Å². The van der Waals surface area contributed by atoms with Crippen LogP contribution in [0.25, 0.3) is 0 Å². The Balaban J connectivity index is 1.56. The third-order valence-corrected chi connectivity index (χ3v) is 6.20. The van der Waals surface area contributed by atoms with Crippen molar-refractivity contribution in [1.82, 2.24) is 10.2 Å². The predicted molar refractivity (Wildman–Crippen MR) is 115 cm³/mol. The molecule has 2 fully saturated rings. The molecule has 1 aromatic carbocycles. The molecule has 1 saturated heterocycles. The number of ether oxygens (including phenoxy) is 3. The van der Waals surface area contributed by atoms with E-state index >= 15 is 0 Å². The maximum absolute atomic E-state index is 12.9. The van der Waals surface area contributed by atoms with Crippen LogP contribution >= 0.6 is 11.6 Å². The average molecular weight is 468 g/mol. The van der Waals surface area contributed by atoms with Crippen LogP contribution < -0.4 is 20.1 Å². The van der Waals surface area contributed by atoms with Gasteiger partial charge in [0.05, 0.1) is 24.9 Å². The molecular weight excluding hydrogens is 442 g/mol. The summed E-state index contributed by atoms with van der Waals surface area (Å²) < 4.78 is 15.3. The Labute approximate surface area is 190 Å². The summed E-state index contributed by atoms with van der Waals surface area (Å²) >= 11 is 6.07. The average Bonchev–Trinajstić information content (AvgIpc) is 2.99. The molecule has 1 heterocycles. The molecule has 2 atom stereocenters. The third kappa shape index (κ3) is 4.59. The van der Waals surface area contributed by atoms with Gasteiger partial charge in [0, 0.05) is 6.07 Å². The number of imide groups is 1. The van der Waals surface area contributed by atoms with Gasteiger partial charge in [-0.05, 0) is 24.8 Å². The molecule has 0 aromatic heterocycles. The number of hydrogen-bond donors (Lipinski definition) is 2. The highest BCUT2D eigenvalue weighted by Crippen LogP contribution is 2.38. The Morgan fingerprint density at radius 3 is 2.59 bits per heavy atom. The molecule has 4 amide bonds. The number of anilines is 1. The number of nitrogens with one attached hydrogen (secondary N) is 2. The molecular formula is C21H26ClN3O7. The van der Waals surface area contributed by atoms with Gasteiger partial charge >= 0.3 is 12.0 Å². The Bertz CT molecular complexity index is 938. The van der Waals surface area contributed by atoms with Gasteiger partial charge in [-0.2, -0.15) is 0 Å². The van der Waals surface area contributed by atoms with E-state index in [0.717, 1.165) is 24.2 Å². The maximum Gasteiger partial charge on any atom is 0.326 e. The first-order chi connectivity index (χ1) is 15.2. The first-order valence-corrected chi connectivity index (χ1v) is 10.6. The fraction of sp³-hybridized carbons (Fsp3) is 0.524. The Kier molecular flexibility index (Phi) is 7.12. The molecule has 2 aliphatic rings.